The Morgan fingerprint density at radius 2 is 2.25 bits per heavy atom. The summed E-state index contributed by atoms with van der Waals surface area (Å²) in [4.78, 5) is 23.9. The molecule has 1 aromatic rings. The summed E-state index contributed by atoms with van der Waals surface area (Å²) in [5.74, 6) is -0.270. The number of benzene rings is 1. The topological polar surface area (TPSA) is 90.7 Å². The van der Waals surface area contributed by atoms with Crippen molar-refractivity contribution in [1.82, 2.24) is 5.32 Å². The van der Waals surface area contributed by atoms with Gasteiger partial charge in [0.1, 0.15) is 18.4 Å². The van der Waals surface area contributed by atoms with Gasteiger partial charge in [0, 0.05) is 12.2 Å². The first-order valence-corrected chi connectivity index (χ1v) is 8.46. The zero-order valence-electron chi connectivity index (χ0n) is 14.3. The lowest BCUT2D eigenvalue weighted by atomic mass is 9.98. The molecule has 0 aliphatic carbocycles. The molecule has 6 nitrogen and oxygen atoms in total. The average molecular weight is 334 g/mol. The second-order valence-electron chi connectivity index (χ2n) is 6.21. The first kappa shape index (κ1) is 18.3. The zero-order valence-corrected chi connectivity index (χ0v) is 14.3. The fraction of sp³-hybridized carbons (Fsp3) is 0.556. The third kappa shape index (κ3) is 4.96. The largest absolute Gasteiger partial charge is 0.491 e. The highest BCUT2D eigenvalue weighted by molar-refractivity contribution is 5.97. The van der Waals surface area contributed by atoms with Crippen molar-refractivity contribution < 1.29 is 19.1 Å². The normalized spacial score (nSPS) is 19.5. The number of rotatable bonds is 8. The first-order valence-electron chi connectivity index (χ1n) is 8.46. The summed E-state index contributed by atoms with van der Waals surface area (Å²) in [5.41, 5.74) is 5.83. The van der Waals surface area contributed by atoms with Gasteiger partial charge in [0.05, 0.1) is 6.10 Å². The third-order valence-corrected chi connectivity index (χ3v) is 4.36. The molecule has 6 heteroatoms. The van der Waals surface area contributed by atoms with E-state index in [0.29, 0.717) is 17.9 Å². The second-order valence-corrected chi connectivity index (χ2v) is 6.21. The van der Waals surface area contributed by atoms with Gasteiger partial charge in [-0.3, -0.25) is 9.59 Å². The predicted octanol–water partition coefficient (Wildman–Crippen LogP) is 1.87. The van der Waals surface area contributed by atoms with Crippen LogP contribution in [0.3, 0.4) is 0 Å². The van der Waals surface area contributed by atoms with Gasteiger partial charge in [-0.2, -0.15) is 0 Å². The molecule has 1 aromatic carbocycles. The molecule has 1 aliphatic heterocycles. The van der Waals surface area contributed by atoms with E-state index in [-0.39, 0.29) is 17.9 Å². The van der Waals surface area contributed by atoms with E-state index in [0.717, 1.165) is 25.9 Å². The number of hydrogen-bond donors (Lipinski definition) is 2. The van der Waals surface area contributed by atoms with Crippen molar-refractivity contribution >= 4 is 11.8 Å². The number of ether oxygens (including phenoxy) is 2. The summed E-state index contributed by atoms with van der Waals surface area (Å²) >= 11 is 0. The monoisotopic (exact) mass is 334 g/mol. The van der Waals surface area contributed by atoms with E-state index in [1.807, 2.05) is 13.8 Å². The highest BCUT2D eigenvalue weighted by Crippen LogP contribution is 2.18. The molecule has 24 heavy (non-hydrogen) atoms. The van der Waals surface area contributed by atoms with Crippen molar-refractivity contribution in [3.8, 4) is 5.75 Å². The number of nitrogens with one attached hydrogen (secondary N) is 1. The number of primary amides is 1. The van der Waals surface area contributed by atoms with Gasteiger partial charge in [-0.1, -0.05) is 26.3 Å². The molecule has 1 aliphatic rings. The molecule has 3 atom stereocenters. The third-order valence-electron chi connectivity index (χ3n) is 4.36. The van der Waals surface area contributed by atoms with Crippen LogP contribution in [0, 0.1) is 5.92 Å². The van der Waals surface area contributed by atoms with E-state index < -0.39 is 11.9 Å². The molecular formula is C18H26N2O4. The molecule has 0 spiro atoms. The van der Waals surface area contributed by atoms with Crippen LogP contribution in [-0.4, -0.2) is 37.2 Å². The van der Waals surface area contributed by atoms with Gasteiger partial charge >= 0.3 is 0 Å². The fourth-order valence-electron chi connectivity index (χ4n) is 2.65. The minimum absolute atomic E-state index is 0.0228. The van der Waals surface area contributed by atoms with E-state index in [9.17, 15) is 9.59 Å². The van der Waals surface area contributed by atoms with E-state index in [1.54, 1.807) is 24.3 Å². The van der Waals surface area contributed by atoms with E-state index in [4.69, 9.17) is 15.2 Å². The molecule has 1 heterocycles. The van der Waals surface area contributed by atoms with Crippen LogP contribution in [0.4, 0.5) is 0 Å². The van der Waals surface area contributed by atoms with Crippen molar-refractivity contribution in [3.63, 3.8) is 0 Å². The Balaban J connectivity index is 1.98. The van der Waals surface area contributed by atoms with Gasteiger partial charge in [0.2, 0.25) is 5.91 Å². The molecule has 1 saturated heterocycles. The Labute approximate surface area is 142 Å². The Kier molecular flexibility index (Phi) is 6.61. The number of nitrogens with two attached hydrogens (primary N) is 1. The van der Waals surface area contributed by atoms with Gasteiger partial charge < -0.3 is 20.5 Å². The zero-order chi connectivity index (χ0) is 17.5. The first-order chi connectivity index (χ1) is 11.5. The van der Waals surface area contributed by atoms with Gasteiger partial charge in [-0.15, -0.1) is 0 Å². The Morgan fingerprint density at radius 3 is 2.88 bits per heavy atom. The molecule has 0 saturated carbocycles. The standard InChI is InChI=1S/C18H26N2O4/c1-3-12(2)16(17(19)21)20-18(22)13-6-4-7-14(10-13)24-11-15-8-5-9-23-15/h4,6-7,10,12,15-16H,3,5,8-9,11H2,1-2H3,(H2,19,21)(H,20,22). The Morgan fingerprint density at radius 1 is 1.46 bits per heavy atom. The maximum Gasteiger partial charge on any atom is 0.252 e. The van der Waals surface area contributed by atoms with E-state index >= 15 is 0 Å². The molecule has 0 bridgehead atoms. The number of amides is 2. The van der Waals surface area contributed by atoms with Crippen molar-refractivity contribution in [3.05, 3.63) is 29.8 Å². The SMILES string of the molecule is CCC(C)C(NC(=O)c1cccc(OCC2CCCO2)c1)C(N)=O. The summed E-state index contributed by atoms with van der Waals surface area (Å²) < 4.78 is 11.2. The molecule has 2 amide bonds. The lowest BCUT2D eigenvalue weighted by molar-refractivity contribution is -0.120. The summed E-state index contributed by atoms with van der Waals surface area (Å²) in [5, 5.41) is 2.71. The highest BCUT2D eigenvalue weighted by Gasteiger charge is 2.24. The van der Waals surface area contributed by atoms with Gasteiger partial charge in [-0.25, -0.2) is 0 Å². The minimum Gasteiger partial charge on any atom is -0.491 e. The molecule has 2 rings (SSSR count). The molecule has 0 radical (unpaired) electrons. The lowest BCUT2D eigenvalue weighted by Gasteiger charge is -2.21. The van der Waals surface area contributed by atoms with E-state index in [1.165, 1.54) is 0 Å². The summed E-state index contributed by atoms with van der Waals surface area (Å²) in [6.45, 7) is 5.09. The van der Waals surface area contributed by atoms with Crippen LogP contribution in [0.25, 0.3) is 0 Å². The van der Waals surface area contributed by atoms with Crippen molar-refractivity contribution in [2.24, 2.45) is 11.7 Å². The maximum absolute atomic E-state index is 12.4. The van der Waals surface area contributed by atoms with Crippen LogP contribution in [0.2, 0.25) is 0 Å². The maximum atomic E-state index is 12.4. The van der Waals surface area contributed by atoms with Gasteiger partial charge in [0.25, 0.3) is 5.91 Å². The smallest absolute Gasteiger partial charge is 0.252 e. The Hall–Kier alpha value is -2.08. The number of carbonyl (C=O) groups is 2. The number of carbonyl (C=O) groups excluding carboxylic acids is 2. The average Bonchev–Trinajstić information content (AvgIpc) is 3.10. The molecule has 1 fully saturated rings. The summed E-state index contributed by atoms with van der Waals surface area (Å²) in [6, 6.07) is 6.22. The number of hydrogen-bond acceptors (Lipinski definition) is 4. The second kappa shape index (κ2) is 8.68. The van der Waals surface area contributed by atoms with Gasteiger partial charge in [0.15, 0.2) is 0 Å². The van der Waals surface area contributed by atoms with Crippen molar-refractivity contribution in [2.45, 2.75) is 45.3 Å². The highest BCUT2D eigenvalue weighted by atomic mass is 16.5. The molecular weight excluding hydrogens is 308 g/mol. The molecule has 3 N–H and O–H groups in total. The van der Waals surface area contributed by atoms with E-state index in [2.05, 4.69) is 5.32 Å². The summed E-state index contributed by atoms with van der Waals surface area (Å²) in [7, 11) is 0. The van der Waals surface area contributed by atoms with Crippen molar-refractivity contribution in [2.75, 3.05) is 13.2 Å². The van der Waals surface area contributed by atoms with Crippen LogP contribution in [0.15, 0.2) is 24.3 Å². The van der Waals surface area contributed by atoms with Crippen LogP contribution in [-0.2, 0) is 9.53 Å². The van der Waals surface area contributed by atoms with Crippen molar-refractivity contribution in [1.29, 1.82) is 0 Å². The molecule has 132 valence electrons. The van der Waals surface area contributed by atoms with Gasteiger partial charge in [-0.05, 0) is 37.0 Å². The molecule has 0 aromatic heterocycles. The van der Waals surface area contributed by atoms with Crippen LogP contribution < -0.4 is 15.8 Å². The Bertz CT molecular complexity index is 570. The van der Waals surface area contributed by atoms with Crippen LogP contribution in [0.5, 0.6) is 5.75 Å². The minimum atomic E-state index is -0.682. The lowest BCUT2D eigenvalue weighted by Crippen LogP contribution is -2.48. The van der Waals surface area contributed by atoms with Crippen LogP contribution >= 0.6 is 0 Å². The van der Waals surface area contributed by atoms with Crippen LogP contribution in [0.1, 0.15) is 43.5 Å². The quantitative estimate of drug-likeness (QED) is 0.759. The molecule has 3 unspecified atom stereocenters. The fourth-order valence-corrected chi connectivity index (χ4v) is 2.65. The predicted molar refractivity (Wildman–Crippen MR) is 90.8 cm³/mol. The summed E-state index contributed by atoms with van der Waals surface area (Å²) in [6.07, 6.45) is 2.92.